The smallest absolute Gasteiger partial charge is 0.225 e. The molecular weight excluding hydrogens is 491 g/mol. The summed E-state index contributed by atoms with van der Waals surface area (Å²) in [5, 5.41) is 3.45. The lowest BCUT2D eigenvalue weighted by atomic mass is 9.98. The van der Waals surface area contributed by atoms with Crippen molar-refractivity contribution in [2.45, 2.75) is 26.2 Å². The van der Waals surface area contributed by atoms with Crippen LogP contribution in [0.3, 0.4) is 0 Å². The number of hydrogen-bond acceptors (Lipinski definition) is 5. The highest BCUT2D eigenvalue weighted by Gasteiger charge is 2.21. The Bertz CT molecular complexity index is 763. The van der Waals surface area contributed by atoms with Crippen molar-refractivity contribution in [1.82, 2.24) is 20.2 Å². The van der Waals surface area contributed by atoms with E-state index in [0.29, 0.717) is 5.92 Å². The van der Waals surface area contributed by atoms with E-state index in [1.807, 2.05) is 18.2 Å². The minimum absolute atomic E-state index is 0. The van der Waals surface area contributed by atoms with Crippen LogP contribution in [0.25, 0.3) is 0 Å². The number of nitrogens with one attached hydrogen (secondary N) is 1. The van der Waals surface area contributed by atoms with E-state index in [4.69, 9.17) is 9.73 Å². The molecule has 1 N–H and O–H groups in total. The van der Waals surface area contributed by atoms with E-state index in [-0.39, 0.29) is 24.0 Å². The van der Waals surface area contributed by atoms with Gasteiger partial charge >= 0.3 is 0 Å². The van der Waals surface area contributed by atoms with Gasteiger partial charge in [0.05, 0.1) is 7.11 Å². The maximum absolute atomic E-state index is 5.24. The number of halogens is 1. The normalized spacial score (nSPS) is 15.4. The molecule has 0 aliphatic carbocycles. The van der Waals surface area contributed by atoms with Crippen molar-refractivity contribution in [3.63, 3.8) is 0 Å². The lowest BCUT2D eigenvalue weighted by Crippen LogP contribution is -2.53. The summed E-state index contributed by atoms with van der Waals surface area (Å²) in [5.41, 5.74) is 1.32. The number of benzene rings is 1. The Hall–Kier alpha value is -2.10. The Labute approximate surface area is 197 Å². The summed E-state index contributed by atoms with van der Waals surface area (Å²) in [6.45, 7) is 9.67. The first-order valence-corrected chi connectivity index (χ1v) is 10.4. The van der Waals surface area contributed by atoms with Crippen LogP contribution in [0.4, 0.5) is 5.95 Å². The summed E-state index contributed by atoms with van der Waals surface area (Å²) in [5.74, 6) is 3.17. The molecule has 2 heterocycles. The standard InChI is InChI=1S/C22H32N6O.HI/c1-4-23-21(26-13-10-18(2)19-6-8-20(29-3)9-7-19)27-14-16-28(17-15-27)22-24-11-5-12-25-22;/h5-9,11-12,18H,4,10,13-17H2,1-3H3,(H,23,26);1H. The summed E-state index contributed by atoms with van der Waals surface area (Å²) < 4.78 is 5.24. The van der Waals surface area contributed by atoms with Gasteiger partial charge in [-0.1, -0.05) is 19.1 Å². The van der Waals surface area contributed by atoms with Gasteiger partial charge in [0.1, 0.15) is 5.75 Å². The number of hydrogen-bond donors (Lipinski definition) is 1. The first-order chi connectivity index (χ1) is 14.2. The molecule has 3 rings (SSSR count). The number of rotatable bonds is 7. The maximum Gasteiger partial charge on any atom is 0.225 e. The molecule has 1 saturated heterocycles. The number of piperazine rings is 1. The van der Waals surface area contributed by atoms with E-state index in [1.165, 1.54) is 5.56 Å². The number of guanidine groups is 1. The van der Waals surface area contributed by atoms with Crippen LogP contribution in [-0.2, 0) is 0 Å². The quantitative estimate of drug-likeness (QED) is 0.341. The molecule has 0 saturated carbocycles. The zero-order valence-electron chi connectivity index (χ0n) is 18.1. The minimum atomic E-state index is 0. The highest BCUT2D eigenvalue weighted by molar-refractivity contribution is 14.0. The summed E-state index contributed by atoms with van der Waals surface area (Å²) >= 11 is 0. The zero-order valence-corrected chi connectivity index (χ0v) is 20.5. The molecule has 1 aliphatic rings. The van der Waals surface area contributed by atoms with Crippen LogP contribution in [0.2, 0.25) is 0 Å². The van der Waals surface area contributed by atoms with Gasteiger partial charge < -0.3 is 19.9 Å². The molecule has 1 atom stereocenters. The lowest BCUT2D eigenvalue weighted by molar-refractivity contribution is 0.370. The summed E-state index contributed by atoms with van der Waals surface area (Å²) in [4.78, 5) is 18.2. The Balaban J connectivity index is 0.00000320. The van der Waals surface area contributed by atoms with E-state index in [9.17, 15) is 0 Å². The molecule has 1 unspecified atom stereocenters. The van der Waals surface area contributed by atoms with E-state index in [2.05, 4.69) is 51.1 Å². The molecule has 1 fully saturated rings. The Morgan fingerprint density at radius 2 is 1.80 bits per heavy atom. The first-order valence-electron chi connectivity index (χ1n) is 10.4. The number of anilines is 1. The van der Waals surface area contributed by atoms with Gasteiger partial charge in [0.2, 0.25) is 5.95 Å². The van der Waals surface area contributed by atoms with Gasteiger partial charge in [-0.2, -0.15) is 0 Å². The fourth-order valence-corrected chi connectivity index (χ4v) is 3.46. The van der Waals surface area contributed by atoms with E-state index in [0.717, 1.165) is 63.3 Å². The van der Waals surface area contributed by atoms with Crippen molar-refractivity contribution >= 4 is 35.9 Å². The molecule has 0 bridgehead atoms. The molecule has 8 heteroatoms. The Kier molecular flexibility index (Phi) is 10.1. The van der Waals surface area contributed by atoms with Gasteiger partial charge in [-0.25, -0.2) is 9.97 Å². The van der Waals surface area contributed by atoms with Gasteiger partial charge in [-0.05, 0) is 43.0 Å². The van der Waals surface area contributed by atoms with Crippen LogP contribution in [-0.4, -0.2) is 67.2 Å². The largest absolute Gasteiger partial charge is 0.497 e. The molecule has 1 aliphatic heterocycles. The third-order valence-electron chi connectivity index (χ3n) is 5.26. The van der Waals surface area contributed by atoms with Gasteiger partial charge in [-0.3, -0.25) is 4.99 Å². The highest BCUT2D eigenvalue weighted by atomic mass is 127. The number of methoxy groups -OCH3 is 1. The lowest BCUT2D eigenvalue weighted by Gasteiger charge is -2.36. The second kappa shape index (κ2) is 12.6. The van der Waals surface area contributed by atoms with Crippen LogP contribution >= 0.6 is 24.0 Å². The van der Waals surface area contributed by atoms with Gasteiger partial charge in [0.15, 0.2) is 5.96 Å². The molecule has 1 aromatic carbocycles. The van der Waals surface area contributed by atoms with Gasteiger partial charge in [-0.15, -0.1) is 24.0 Å². The zero-order chi connectivity index (χ0) is 20.5. The Morgan fingerprint density at radius 3 is 2.40 bits per heavy atom. The number of ether oxygens (including phenoxy) is 1. The summed E-state index contributed by atoms with van der Waals surface area (Å²) in [6, 6.07) is 10.2. The van der Waals surface area contributed by atoms with Crippen molar-refractivity contribution in [3.05, 3.63) is 48.3 Å². The summed E-state index contributed by atoms with van der Waals surface area (Å²) in [7, 11) is 1.70. The highest BCUT2D eigenvalue weighted by Crippen LogP contribution is 2.21. The number of nitrogens with zero attached hydrogens (tertiary/aromatic N) is 5. The second-order valence-electron chi connectivity index (χ2n) is 7.22. The number of aromatic nitrogens is 2. The monoisotopic (exact) mass is 524 g/mol. The van der Waals surface area contributed by atoms with Crippen LogP contribution < -0.4 is 15.0 Å². The van der Waals surface area contributed by atoms with E-state index in [1.54, 1.807) is 19.5 Å². The Morgan fingerprint density at radius 1 is 1.13 bits per heavy atom. The third-order valence-corrected chi connectivity index (χ3v) is 5.26. The molecule has 164 valence electrons. The average Bonchev–Trinajstić information content (AvgIpc) is 2.79. The molecule has 0 radical (unpaired) electrons. The summed E-state index contributed by atoms with van der Waals surface area (Å²) in [6.07, 6.45) is 4.60. The van der Waals surface area contributed by atoms with Crippen molar-refractivity contribution in [1.29, 1.82) is 0 Å². The fourth-order valence-electron chi connectivity index (χ4n) is 3.46. The molecule has 1 aromatic heterocycles. The molecule has 7 nitrogen and oxygen atoms in total. The molecule has 0 amide bonds. The molecular formula is C22H33IN6O. The van der Waals surface area contributed by atoms with Crippen molar-refractivity contribution in [3.8, 4) is 5.75 Å². The van der Waals surface area contributed by atoms with Crippen LogP contribution in [0.1, 0.15) is 31.7 Å². The van der Waals surface area contributed by atoms with Gasteiger partial charge in [0, 0.05) is 51.7 Å². The average molecular weight is 524 g/mol. The fraction of sp³-hybridized carbons (Fsp3) is 0.500. The maximum atomic E-state index is 5.24. The number of aliphatic imine (C=N–C) groups is 1. The van der Waals surface area contributed by atoms with Crippen LogP contribution in [0, 0.1) is 0 Å². The van der Waals surface area contributed by atoms with Crippen LogP contribution in [0.5, 0.6) is 5.75 Å². The molecule has 30 heavy (non-hydrogen) atoms. The first kappa shape index (κ1) is 24.2. The minimum Gasteiger partial charge on any atom is -0.497 e. The van der Waals surface area contributed by atoms with Crippen molar-refractivity contribution < 1.29 is 4.74 Å². The SMILES string of the molecule is CCNC(=NCCC(C)c1ccc(OC)cc1)N1CCN(c2ncccn2)CC1.I. The van der Waals surface area contributed by atoms with Gasteiger partial charge in [0.25, 0.3) is 0 Å². The molecule has 0 spiro atoms. The van der Waals surface area contributed by atoms with E-state index >= 15 is 0 Å². The predicted molar refractivity (Wildman–Crippen MR) is 133 cm³/mol. The van der Waals surface area contributed by atoms with Crippen LogP contribution in [0.15, 0.2) is 47.7 Å². The topological polar surface area (TPSA) is 65.9 Å². The van der Waals surface area contributed by atoms with E-state index < -0.39 is 0 Å². The van der Waals surface area contributed by atoms with Crippen molar-refractivity contribution in [2.24, 2.45) is 4.99 Å². The molecule has 2 aromatic rings. The van der Waals surface area contributed by atoms with Crippen molar-refractivity contribution in [2.75, 3.05) is 51.3 Å². The third kappa shape index (κ3) is 6.72. The second-order valence-corrected chi connectivity index (χ2v) is 7.22. The predicted octanol–water partition coefficient (Wildman–Crippen LogP) is 3.38.